The minimum absolute atomic E-state index is 0.254. The van der Waals surface area contributed by atoms with Crippen LogP contribution in [-0.2, 0) is 23.7 Å². The molecular formula is C61H109NO13. The van der Waals surface area contributed by atoms with Crippen LogP contribution in [0.25, 0.3) is 0 Å². The van der Waals surface area contributed by atoms with Crippen molar-refractivity contribution >= 4 is 5.91 Å². The van der Waals surface area contributed by atoms with Gasteiger partial charge in [0, 0.05) is 6.42 Å². The van der Waals surface area contributed by atoms with Crippen molar-refractivity contribution in [3.8, 4) is 0 Å². The van der Waals surface area contributed by atoms with Gasteiger partial charge in [-0.15, -0.1) is 0 Å². The van der Waals surface area contributed by atoms with Crippen molar-refractivity contribution in [1.29, 1.82) is 0 Å². The molecule has 0 bridgehead atoms. The summed E-state index contributed by atoms with van der Waals surface area (Å²) in [5, 5.41) is 87.1. The van der Waals surface area contributed by atoms with Crippen molar-refractivity contribution in [2.75, 3.05) is 19.8 Å². The monoisotopic (exact) mass is 1060 g/mol. The van der Waals surface area contributed by atoms with Gasteiger partial charge in [0.25, 0.3) is 0 Å². The zero-order chi connectivity index (χ0) is 54.6. The summed E-state index contributed by atoms with van der Waals surface area (Å²) in [5.74, 6) is -0.254. The summed E-state index contributed by atoms with van der Waals surface area (Å²) in [6.45, 7) is 2.68. The van der Waals surface area contributed by atoms with E-state index < -0.39 is 86.8 Å². The third-order valence-electron chi connectivity index (χ3n) is 14.5. The Balaban J connectivity index is 1.78. The first-order chi connectivity index (χ1) is 36.6. The molecule has 2 fully saturated rings. The minimum atomic E-state index is -1.79. The first-order valence-corrected chi connectivity index (χ1v) is 30.0. The predicted octanol–water partition coefficient (Wildman–Crippen LogP) is 10.2. The molecule has 14 nitrogen and oxygen atoms in total. The molecule has 0 aromatic carbocycles. The summed E-state index contributed by atoms with van der Waals surface area (Å²) in [7, 11) is 0. The molecule has 14 heteroatoms. The molecule has 0 aliphatic carbocycles. The van der Waals surface area contributed by atoms with Crippen LogP contribution in [0.3, 0.4) is 0 Å². The molecule has 9 N–H and O–H groups in total. The maximum atomic E-state index is 13.3. The highest BCUT2D eigenvalue weighted by molar-refractivity contribution is 5.76. The van der Waals surface area contributed by atoms with E-state index in [0.717, 1.165) is 83.5 Å². The highest BCUT2D eigenvalue weighted by Gasteiger charge is 2.51. The number of amides is 1. The van der Waals surface area contributed by atoms with Crippen LogP contribution in [0.1, 0.15) is 226 Å². The lowest BCUT2D eigenvalue weighted by molar-refractivity contribution is -0.359. The van der Waals surface area contributed by atoms with Crippen LogP contribution >= 0.6 is 0 Å². The lowest BCUT2D eigenvalue weighted by atomic mass is 9.97. The van der Waals surface area contributed by atoms with Gasteiger partial charge in [-0.05, 0) is 57.8 Å². The van der Waals surface area contributed by atoms with Gasteiger partial charge >= 0.3 is 0 Å². The quantitative estimate of drug-likeness (QED) is 0.0204. The molecule has 75 heavy (non-hydrogen) atoms. The maximum absolute atomic E-state index is 13.3. The van der Waals surface area contributed by atoms with E-state index in [0.29, 0.717) is 6.42 Å². The topological polar surface area (TPSA) is 228 Å². The van der Waals surface area contributed by atoms with Gasteiger partial charge < -0.3 is 65.1 Å². The number of allylic oxidation sites excluding steroid dienone is 9. The van der Waals surface area contributed by atoms with Gasteiger partial charge in [0.1, 0.15) is 48.8 Å². The molecule has 2 saturated heterocycles. The number of ether oxygens (including phenoxy) is 4. The molecular weight excluding hydrogens is 955 g/mol. The molecule has 2 aliphatic rings. The summed E-state index contributed by atoms with van der Waals surface area (Å²) >= 11 is 0. The summed E-state index contributed by atoms with van der Waals surface area (Å²) in [5.41, 5.74) is 0. The molecule has 0 aromatic rings. The van der Waals surface area contributed by atoms with Crippen LogP contribution in [-0.4, -0.2) is 140 Å². The van der Waals surface area contributed by atoms with Crippen molar-refractivity contribution in [1.82, 2.24) is 5.32 Å². The van der Waals surface area contributed by atoms with Crippen molar-refractivity contribution in [3.05, 3.63) is 60.8 Å². The van der Waals surface area contributed by atoms with E-state index in [2.05, 4.69) is 67.8 Å². The number of unbranched alkanes of at least 4 members (excludes halogenated alkanes) is 26. The second kappa shape index (κ2) is 46.6. The van der Waals surface area contributed by atoms with Crippen LogP contribution in [0.4, 0.5) is 0 Å². The Bertz CT molecular complexity index is 1490. The maximum Gasteiger partial charge on any atom is 0.220 e. The molecule has 12 unspecified atom stereocenters. The fourth-order valence-electron chi connectivity index (χ4n) is 9.64. The van der Waals surface area contributed by atoms with E-state index in [-0.39, 0.29) is 18.9 Å². The Morgan fingerprint density at radius 3 is 1.41 bits per heavy atom. The molecule has 0 aromatic heterocycles. The molecule has 2 aliphatic heterocycles. The van der Waals surface area contributed by atoms with Gasteiger partial charge in [0.2, 0.25) is 5.91 Å². The van der Waals surface area contributed by atoms with Gasteiger partial charge in [0.15, 0.2) is 12.6 Å². The fourth-order valence-corrected chi connectivity index (χ4v) is 9.64. The number of hydrogen-bond acceptors (Lipinski definition) is 13. The zero-order valence-electron chi connectivity index (χ0n) is 46.8. The van der Waals surface area contributed by atoms with Crippen molar-refractivity contribution in [2.24, 2.45) is 0 Å². The Labute approximate surface area is 454 Å². The van der Waals surface area contributed by atoms with Crippen LogP contribution in [0.5, 0.6) is 0 Å². The van der Waals surface area contributed by atoms with Gasteiger partial charge in [-0.1, -0.05) is 222 Å². The molecule has 0 saturated carbocycles. The van der Waals surface area contributed by atoms with E-state index >= 15 is 0 Å². The van der Waals surface area contributed by atoms with Gasteiger partial charge in [-0.3, -0.25) is 4.79 Å². The first kappa shape index (κ1) is 68.8. The second-order valence-corrected chi connectivity index (χ2v) is 21.1. The van der Waals surface area contributed by atoms with Crippen molar-refractivity contribution < 1.29 is 64.6 Å². The zero-order valence-corrected chi connectivity index (χ0v) is 46.8. The normalized spacial score (nSPS) is 25.5. The Morgan fingerprint density at radius 1 is 0.493 bits per heavy atom. The Kier molecular flexibility index (Phi) is 42.7. The SMILES string of the molecule is CC/C=C\C/C=C\C/C=C\C/C=C\CCCCCCCCC(=O)NC(COC1OC(CO)C(OC2OC(CO)C(O)C(O)C2O)C(O)C1O)C(O)/C=C/CCCCCCCCCCCCCCCCCCCCCC. The number of nitrogens with one attached hydrogen (secondary N) is 1. The van der Waals surface area contributed by atoms with Gasteiger partial charge in [-0.2, -0.15) is 0 Å². The van der Waals surface area contributed by atoms with E-state index in [4.69, 9.17) is 18.9 Å². The third-order valence-corrected chi connectivity index (χ3v) is 14.5. The Morgan fingerprint density at radius 2 is 0.920 bits per heavy atom. The third kappa shape index (κ3) is 32.4. The first-order valence-electron chi connectivity index (χ1n) is 30.0. The smallest absolute Gasteiger partial charge is 0.220 e. The van der Waals surface area contributed by atoms with E-state index in [1.165, 1.54) is 116 Å². The number of hydrogen-bond donors (Lipinski definition) is 9. The van der Waals surface area contributed by atoms with Gasteiger partial charge in [-0.25, -0.2) is 0 Å². The van der Waals surface area contributed by atoms with Crippen molar-refractivity contribution in [2.45, 2.75) is 299 Å². The standard InChI is InChI=1S/C61H109NO13/c1-3-5-7-9-11-13-15-17-19-21-23-24-25-27-28-30-32-34-36-38-40-42-44-50(65)49(62-53(66)45-43-41-39-37-35-33-31-29-26-22-20-18-16-14-12-10-8-6-4-2)48-72-60-58(71)56(69)59(52(47-64)74-60)75-61-57(70)55(68)54(67)51(46-63)73-61/h6,8,12,14,18,20,26,29,42,44,49-52,54-61,63-65,67-71H,3-5,7,9-11,13,15-17,19,21-25,27-28,30-41,43,45-48H2,1-2H3,(H,62,66)/b8-6-,14-12-,20-18-,29-26-,44-42+. The summed E-state index contributed by atoms with van der Waals surface area (Å²) in [4.78, 5) is 13.3. The van der Waals surface area contributed by atoms with Gasteiger partial charge in [0.05, 0.1) is 32.0 Å². The molecule has 436 valence electrons. The molecule has 0 radical (unpaired) electrons. The average molecular weight is 1060 g/mol. The average Bonchev–Trinajstić information content (AvgIpc) is 3.41. The number of carbonyl (C=O) groups excluding carboxylic acids is 1. The van der Waals surface area contributed by atoms with E-state index in [9.17, 15) is 45.6 Å². The lowest BCUT2D eigenvalue weighted by Crippen LogP contribution is -2.65. The fraction of sp³-hybridized carbons (Fsp3) is 0.820. The number of rotatable bonds is 47. The van der Waals surface area contributed by atoms with Crippen LogP contribution in [0.15, 0.2) is 60.8 Å². The highest BCUT2D eigenvalue weighted by atomic mass is 16.7. The minimum Gasteiger partial charge on any atom is -0.394 e. The number of aliphatic hydroxyl groups excluding tert-OH is 8. The number of carbonyl (C=O) groups is 1. The molecule has 0 spiro atoms. The molecule has 2 rings (SSSR count). The number of aliphatic hydroxyl groups is 8. The highest BCUT2D eigenvalue weighted by Crippen LogP contribution is 2.30. The summed E-state index contributed by atoms with van der Waals surface area (Å²) in [6, 6.07) is -0.925. The Hall–Kier alpha value is -2.31. The predicted molar refractivity (Wildman–Crippen MR) is 300 cm³/mol. The molecule has 2 heterocycles. The van der Waals surface area contributed by atoms with Crippen LogP contribution in [0.2, 0.25) is 0 Å². The lowest BCUT2D eigenvalue weighted by Gasteiger charge is -2.46. The van der Waals surface area contributed by atoms with Crippen LogP contribution in [0, 0.1) is 0 Å². The molecule has 12 atom stereocenters. The van der Waals surface area contributed by atoms with E-state index in [1.54, 1.807) is 6.08 Å². The summed E-state index contributed by atoms with van der Waals surface area (Å²) < 4.78 is 22.8. The second-order valence-electron chi connectivity index (χ2n) is 21.1. The van der Waals surface area contributed by atoms with Crippen LogP contribution < -0.4 is 5.32 Å². The largest absolute Gasteiger partial charge is 0.394 e. The molecule has 1 amide bonds. The summed E-state index contributed by atoms with van der Waals surface area (Å²) in [6.07, 6.45) is 42.5. The van der Waals surface area contributed by atoms with Crippen molar-refractivity contribution in [3.63, 3.8) is 0 Å². The van der Waals surface area contributed by atoms with E-state index in [1.807, 2.05) is 6.08 Å².